The summed E-state index contributed by atoms with van der Waals surface area (Å²) in [6.07, 6.45) is 16.9. The van der Waals surface area contributed by atoms with Crippen LogP contribution in [0.3, 0.4) is 0 Å². The van der Waals surface area contributed by atoms with E-state index >= 15 is 0 Å². The number of ether oxygens (including phenoxy) is 2. The van der Waals surface area contributed by atoms with Crippen molar-refractivity contribution < 1.29 is 24.2 Å². The Bertz CT molecular complexity index is 697. The first kappa shape index (κ1) is 37.5. The minimum absolute atomic E-state index is 0. The number of unbranched alkanes of at least 4 members (excludes halogenated alkanes) is 11. The van der Waals surface area contributed by atoms with Gasteiger partial charge in [0.2, 0.25) is 0 Å². The van der Waals surface area contributed by atoms with Gasteiger partial charge in [0.1, 0.15) is 0 Å². The van der Waals surface area contributed by atoms with Crippen molar-refractivity contribution in [3.8, 4) is 11.5 Å². The van der Waals surface area contributed by atoms with Gasteiger partial charge >= 0.3 is 11.9 Å². The zero-order valence-electron chi connectivity index (χ0n) is 24.1. The Morgan fingerprint density at radius 2 is 1.19 bits per heavy atom. The summed E-state index contributed by atoms with van der Waals surface area (Å²) >= 11 is 0. The van der Waals surface area contributed by atoms with Crippen molar-refractivity contribution in [2.75, 3.05) is 13.2 Å². The van der Waals surface area contributed by atoms with Crippen molar-refractivity contribution in [1.82, 2.24) is 0 Å². The third-order valence-corrected chi connectivity index (χ3v) is 5.82. The minimum Gasteiger partial charge on any atom is -0.422 e. The molecule has 1 aromatic carbocycles. The number of carbonyl (C=O) groups excluding carboxylic acids is 2. The molecule has 1 rings (SSSR count). The first-order valence-electron chi connectivity index (χ1n) is 14.1. The van der Waals surface area contributed by atoms with Crippen LogP contribution in [0.15, 0.2) is 18.2 Å². The number of hydrogen-bond donors (Lipinski definition) is 2. The second kappa shape index (κ2) is 24.7. The van der Waals surface area contributed by atoms with Crippen molar-refractivity contribution in [3.05, 3.63) is 23.8 Å². The fourth-order valence-electron chi connectivity index (χ4n) is 3.44. The van der Waals surface area contributed by atoms with Crippen LogP contribution in [0.1, 0.15) is 117 Å². The van der Waals surface area contributed by atoms with E-state index < -0.39 is 0 Å². The van der Waals surface area contributed by atoms with E-state index in [2.05, 4.69) is 6.92 Å². The molecule has 0 radical (unpaired) electrons. The maximum Gasteiger partial charge on any atom is 0.313 e. The van der Waals surface area contributed by atoms with Gasteiger partial charge < -0.3 is 20.3 Å². The summed E-state index contributed by atoms with van der Waals surface area (Å²) < 4.78 is 10.6. The number of nitrogens with two attached hydrogens (primary N) is 1. The lowest BCUT2D eigenvalue weighted by atomic mass is 10.1. The van der Waals surface area contributed by atoms with Crippen LogP contribution < -0.4 is 15.2 Å². The monoisotopic (exact) mass is 543 g/mol. The van der Waals surface area contributed by atoms with E-state index in [1.807, 2.05) is 6.07 Å². The molecule has 0 heterocycles. The van der Waals surface area contributed by atoms with Gasteiger partial charge in [-0.2, -0.15) is 0 Å². The maximum atomic E-state index is 11.8. The Morgan fingerprint density at radius 3 is 1.59 bits per heavy atom. The summed E-state index contributed by atoms with van der Waals surface area (Å²) in [7, 11) is 0. The van der Waals surface area contributed by atoms with Crippen molar-refractivity contribution in [3.63, 3.8) is 0 Å². The summed E-state index contributed by atoms with van der Waals surface area (Å²) in [5.74, 6) is -0.763. The molecule has 0 aliphatic heterocycles. The molecule has 0 aliphatic carbocycles. The topological polar surface area (TPSA) is 98.9 Å². The zero-order chi connectivity index (χ0) is 27.2. The molecule has 0 unspecified atom stereocenters. The third kappa shape index (κ3) is 20.1. The van der Waals surface area contributed by atoms with Gasteiger partial charge in [-0.3, -0.25) is 9.59 Å². The number of esters is 2. The Hall–Kier alpha value is -1.63. The first-order valence-corrected chi connectivity index (χ1v) is 14.1. The Kier molecular flexibility index (Phi) is 25.0. The van der Waals surface area contributed by atoms with Gasteiger partial charge in [0.25, 0.3) is 0 Å². The van der Waals surface area contributed by atoms with Gasteiger partial charge in [-0.05, 0) is 37.1 Å². The summed E-state index contributed by atoms with van der Waals surface area (Å²) in [5, 5.41) is 8.61. The lowest BCUT2D eigenvalue weighted by Crippen LogP contribution is -2.18. The average Bonchev–Trinajstić information content (AvgIpc) is 2.84. The lowest BCUT2D eigenvalue weighted by Gasteiger charge is -2.14. The number of carbonyl (C=O) groups is 2. The predicted molar refractivity (Wildman–Crippen MR) is 156 cm³/mol. The summed E-state index contributed by atoms with van der Waals surface area (Å²) in [6.45, 7) is 10.1. The summed E-state index contributed by atoms with van der Waals surface area (Å²) in [6, 6.07) is 5.13. The number of rotatable bonds is 18. The highest BCUT2D eigenvalue weighted by Gasteiger charge is 2.18. The molecule has 0 aliphatic rings. The minimum atomic E-state index is -0.373. The van der Waals surface area contributed by atoms with E-state index in [9.17, 15) is 9.59 Å². The molecule has 0 aromatic heterocycles. The molecule has 6 nitrogen and oxygen atoms in total. The maximum absolute atomic E-state index is 11.8. The second-order valence-corrected chi connectivity index (χ2v) is 10.1. The van der Waals surface area contributed by atoms with E-state index in [0.29, 0.717) is 19.6 Å². The molecule has 216 valence electrons. The van der Waals surface area contributed by atoms with Crippen LogP contribution in [0.2, 0.25) is 0 Å². The number of halogens is 1. The van der Waals surface area contributed by atoms with Crippen LogP contribution in [0.25, 0.3) is 0 Å². The van der Waals surface area contributed by atoms with E-state index in [4.69, 9.17) is 20.3 Å². The third-order valence-electron chi connectivity index (χ3n) is 5.82. The highest BCUT2D eigenvalue weighted by atomic mass is 35.5. The van der Waals surface area contributed by atoms with Gasteiger partial charge in [0.15, 0.2) is 11.5 Å². The molecular weight excluding hydrogens is 490 g/mol. The van der Waals surface area contributed by atoms with E-state index in [0.717, 1.165) is 12.0 Å². The standard InChI is InChI=1S/C16H23NO4.C14H30O.ClH/c1-10(2)15(18)20-13-6-5-12(7-8-17)9-14(13)21-16(19)11(3)4;1-2-3-4-5-6-7-8-9-10-11-12-13-14-15;/h5-6,9-11H,7-8,17H2,1-4H3;15H,2-14H2,1H3;1H. The van der Waals surface area contributed by atoms with Gasteiger partial charge in [-0.25, -0.2) is 0 Å². The van der Waals surface area contributed by atoms with Crippen molar-refractivity contribution in [1.29, 1.82) is 0 Å². The summed E-state index contributed by atoms with van der Waals surface area (Å²) in [4.78, 5) is 23.5. The van der Waals surface area contributed by atoms with Crippen molar-refractivity contribution >= 4 is 24.3 Å². The molecule has 0 bridgehead atoms. The van der Waals surface area contributed by atoms with Crippen LogP contribution in [-0.4, -0.2) is 30.2 Å². The smallest absolute Gasteiger partial charge is 0.313 e. The molecule has 0 atom stereocenters. The highest BCUT2D eigenvalue weighted by molar-refractivity contribution is 5.85. The highest BCUT2D eigenvalue weighted by Crippen LogP contribution is 2.30. The van der Waals surface area contributed by atoms with Crippen molar-refractivity contribution in [2.24, 2.45) is 17.6 Å². The SMILES string of the molecule is CC(C)C(=O)Oc1ccc(CCN)cc1OC(=O)C(C)C.CCCCCCCCCCCCCCO.Cl. The fraction of sp³-hybridized carbons (Fsp3) is 0.733. The fourth-order valence-corrected chi connectivity index (χ4v) is 3.44. The van der Waals surface area contributed by atoms with Crippen LogP contribution in [-0.2, 0) is 16.0 Å². The van der Waals surface area contributed by atoms with Crippen LogP contribution in [0.4, 0.5) is 0 Å². The molecule has 0 fully saturated rings. The summed E-state index contributed by atoms with van der Waals surface area (Å²) in [5.41, 5.74) is 6.45. The lowest BCUT2D eigenvalue weighted by molar-refractivity contribution is -0.140. The van der Waals surface area contributed by atoms with E-state index in [-0.39, 0.29) is 47.7 Å². The second-order valence-electron chi connectivity index (χ2n) is 10.1. The molecule has 7 heteroatoms. The van der Waals surface area contributed by atoms with Crippen molar-refractivity contribution in [2.45, 2.75) is 118 Å². The number of hydrogen-bond acceptors (Lipinski definition) is 6. The largest absolute Gasteiger partial charge is 0.422 e. The molecule has 37 heavy (non-hydrogen) atoms. The zero-order valence-corrected chi connectivity index (χ0v) is 24.9. The van der Waals surface area contributed by atoms with Gasteiger partial charge in [-0.15, -0.1) is 12.4 Å². The van der Waals surface area contributed by atoms with Gasteiger partial charge in [0, 0.05) is 6.61 Å². The molecular formula is C30H54ClNO5. The molecule has 1 aromatic rings. The van der Waals surface area contributed by atoms with Crippen LogP contribution >= 0.6 is 12.4 Å². The molecule has 0 saturated carbocycles. The predicted octanol–water partition coefficient (Wildman–Crippen LogP) is 7.41. The molecule has 0 amide bonds. The quantitative estimate of drug-likeness (QED) is 0.113. The molecule has 0 saturated heterocycles. The molecule has 3 N–H and O–H groups in total. The average molecular weight is 544 g/mol. The van der Waals surface area contributed by atoms with Crippen LogP contribution in [0, 0.1) is 11.8 Å². The van der Waals surface area contributed by atoms with Gasteiger partial charge in [0.05, 0.1) is 11.8 Å². The Morgan fingerprint density at radius 1 is 0.757 bits per heavy atom. The molecule has 0 spiro atoms. The normalized spacial score (nSPS) is 10.5. The van der Waals surface area contributed by atoms with E-state index in [1.54, 1.807) is 39.8 Å². The Balaban J connectivity index is 0. The first-order chi connectivity index (χ1) is 17.3. The van der Waals surface area contributed by atoms with Crippen LogP contribution in [0.5, 0.6) is 11.5 Å². The number of benzene rings is 1. The number of aliphatic hydroxyl groups is 1. The van der Waals surface area contributed by atoms with Gasteiger partial charge in [-0.1, -0.05) is 111 Å². The van der Waals surface area contributed by atoms with E-state index in [1.165, 1.54) is 70.6 Å². The number of aliphatic hydroxyl groups excluding tert-OH is 1. The Labute approximate surface area is 232 Å².